The van der Waals surface area contributed by atoms with Crippen LogP contribution in [0.4, 0.5) is 5.00 Å². The molecule has 2 N–H and O–H groups in total. The summed E-state index contributed by atoms with van der Waals surface area (Å²) in [5.74, 6) is 1.45. The van der Waals surface area contributed by atoms with Gasteiger partial charge in [0, 0.05) is 10.4 Å². The van der Waals surface area contributed by atoms with Crippen molar-refractivity contribution in [2.75, 3.05) is 25.7 Å². The van der Waals surface area contributed by atoms with Gasteiger partial charge >= 0.3 is 0 Å². The monoisotopic (exact) mass is 384 g/mol. The number of quaternary nitrogens is 1. The molecule has 1 aromatic heterocycles. The summed E-state index contributed by atoms with van der Waals surface area (Å²) >= 11 is 1.57. The van der Waals surface area contributed by atoms with Gasteiger partial charge in [-0.2, -0.15) is 5.26 Å². The molecule has 0 saturated heterocycles. The van der Waals surface area contributed by atoms with Crippen molar-refractivity contribution in [2.24, 2.45) is 0 Å². The Kier molecular flexibility index (Phi) is 5.01. The van der Waals surface area contributed by atoms with Crippen LogP contribution in [-0.4, -0.2) is 26.3 Å². The minimum atomic E-state index is -0.0664. The van der Waals surface area contributed by atoms with Gasteiger partial charge in [0.15, 0.2) is 18.0 Å². The zero-order valence-corrected chi connectivity index (χ0v) is 16.1. The van der Waals surface area contributed by atoms with Crippen LogP contribution in [0.3, 0.4) is 0 Å². The van der Waals surface area contributed by atoms with Gasteiger partial charge in [0.05, 0.1) is 12.6 Å². The van der Waals surface area contributed by atoms with Crippen molar-refractivity contribution in [2.45, 2.75) is 32.2 Å². The summed E-state index contributed by atoms with van der Waals surface area (Å²) in [4.78, 5) is 14.8. The van der Waals surface area contributed by atoms with E-state index in [-0.39, 0.29) is 12.7 Å². The van der Waals surface area contributed by atoms with E-state index in [2.05, 4.69) is 11.4 Å². The van der Waals surface area contributed by atoms with Crippen molar-refractivity contribution in [1.29, 1.82) is 5.26 Å². The molecule has 6 nitrogen and oxygen atoms in total. The lowest BCUT2D eigenvalue weighted by atomic mass is 9.96. The largest absolute Gasteiger partial charge is 0.454 e. The van der Waals surface area contributed by atoms with Gasteiger partial charge in [-0.25, -0.2) is 0 Å². The number of anilines is 1. The third-order valence-electron chi connectivity index (χ3n) is 4.94. The van der Waals surface area contributed by atoms with E-state index in [1.807, 2.05) is 25.2 Å². The fourth-order valence-corrected chi connectivity index (χ4v) is 4.93. The highest BCUT2D eigenvalue weighted by Crippen LogP contribution is 2.37. The normalized spacial score (nSPS) is 15.7. The van der Waals surface area contributed by atoms with E-state index < -0.39 is 0 Å². The van der Waals surface area contributed by atoms with Crippen molar-refractivity contribution in [1.82, 2.24) is 0 Å². The highest BCUT2D eigenvalue weighted by Gasteiger charge is 2.23. The number of carbonyl (C=O) groups excluding carboxylic acids is 1. The summed E-state index contributed by atoms with van der Waals surface area (Å²) in [5.41, 5.74) is 2.90. The molecule has 7 heteroatoms. The molecule has 1 unspecified atom stereocenters. The van der Waals surface area contributed by atoms with Crippen LogP contribution in [0.5, 0.6) is 11.5 Å². The summed E-state index contributed by atoms with van der Waals surface area (Å²) < 4.78 is 10.7. The van der Waals surface area contributed by atoms with E-state index in [0.29, 0.717) is 23.7 Å². The minimum Gasteiger partial charge on any atom is -0.454 e. The van der Waals surface area contributed by atoms with Crippen LogP contribution in [0.2, 0.25) is 0 Å². The van der Waals surface area contributed by atoms with E-state index in [1.54, 1.807) is 11.3 Å². The highest BCUT2D eigenvalue weighted by atomic mass is 32.1. The first kappa shape index (κ1) is 17.8. The Balaban J connectivity index is 1.38. The first-order chi connectivity index (χ1) is 13.1. The highest BCUT2D eigenvalue weighted by molar-refractivity contribution is 7.16. The summed E-state index contributed by atoms with van der Waals surface area (Å²) in [6, 6.07) is 8.15. The predicted octanol–water partition coefficient (Wildman–Crippen LogP) is 1.88. The third kappa shape index (κ3) is 3.77. The maximum Gasteiger partial charge on any atom is 0.280 e. The smallest absolute Gasteiger partial charge is 0.280 e. The van der Waals surface area contributed by atoms with Gasteiger partial charge in [0.1, 0.15) is 17.6 Å². The minimum absolute atomic E-state index is 0.0664. The zero-order valence-electron chi connectivity index (χ0n) is 15.3. The van der Waals surface area contributed by atoms with Crippen molar-refractivity contribution in [3.8, 4) is 17.6 Å². The Hall–Kier alpha value is -2.56. The number of nitrogens with one attached hydrogen (secondary N) is 2. The fraction of sp³-hybridized carbons (Fsp3) is 0.400. The number of hydrogen-bond acceptors (Lipinski definition) is 5. The van der Waals surface area contributed by atoms with E-state index in [9.17, 15) is 10.1 Å². The first-order valence-corrected chi connectivity index (χ1v) is 10.00. The molecule has 0 spiro atoms. The van der Waals surface area contributed by atoms with Crippen molar-refractivity contribution in [3.05, 3.63) is 39.8 Å². The van der Waals surface area contributed by atoms with Crippen LogP contribution in [0.15, 0.2) is 18.2 Å². The number of nitrogens with zero attached hydrogens (tertiary/aromatic N) is 1. The van der Waals surface area contributed by atoms with E-state index >= 15 is 0 Å². The molecule has 2 aliphatic rings. The van der Waals surface area contributed by atoms with Crippen LogP contribution >= 0.6 is 11.3 Å². The molecule has 1 aliphatic heterocycles. The SMILES string of the molecule is C[NH+](CC(=O)Nc1sc2c(c1C#N)CCCC2)Cc1ccc2c(c1)OCO2. The average Bonchev–Trinajstić information content (AvgIpc) is 3.24. The topological polar surface area (TPSA) is 75.8 Å². The van der Waals surface area contributed by atoms with E-state index in [1.165, 1.54) is 4.88 Å². The number of amides is 1. The Labute approximate surface area is 162 Å². The first-order valence-electron chi connectivity index (χ1n) is 9.18. The third-order valence-corrected chi connectivity index (χ3v) is 6.15. The van der Waals surface area contributed by atoms with Crippen LogP contribution in [0, 0.1) is 11.3 Å². The van der Waals surface area contributed by atoms with E-state index in [4.69, 9.17) is 9.47 Å². The van der Waals surface area contributed by atoms with Gasteiger partial charge in [-0.15, -0.1) is 11.3 Å². The molecule has 0 radical (unpaired) electrons. The number of ether oxygens (including phenoxy) is 2. The van der Waals surface area contributed by atoms with Crippen molar-refractivity contribution >= 4 is 22.2 Å². The van der Waals surface area contributed by atoms with Gasteiger partial charge in [-0.05, 0) is 49.4 Å². The molecule has 0 saturated carbocycles. The van der Waals surface area contributed by atoms with Crippen molar-refractivity contribution in [3.63, 3.8) is 0 Å². The molecule has 4 rings (SSSR count). The Morgan fingerprint density at radius 2 is 2.11 bits per heavy atom. The molecular weight excluding hydrogens is 362 g/mol. The van der Waals surface area contributed by atoms with Crippen LogP contribution < -0.4 is 19.7 Å². The number of nitriles is 1. The molecule has 2 aromatic rings. The van der Waals surface area contributed by atoms with Gasteiger partial charge in [0.2, 0.25) is 6.79 Å². The number of rotatable bonds is 5. The standard InChI is InChI=1S/C20H21N3O3S/c1-23(10-13-6-7-16-17(8-13)26-12-25-16)11-19(24)22-20-15(9-21)14-4-2-3-5-18(14)27-20/h6-8H,2-5,10-12H2,1H3,(H,22,24)/p+1. The Bertz CT molecular complexity index is 916. The fourth-order valence-electron chi connectivity index (χ4n) is 3.68. The lowest BCUT2D eigenvalue weighted by Gasteiger charge is -2.14. The quantitative estimate of drug-likeness (QED) is 0.825. The zero-order chi connectivity index (χ0) is 18.8. The number of fused-ring (bicyclic) bond motifs is 2. The van der Waals surface area contributed by atoms with Crippen molar-refractivity contribution < 1.29 is 19.2 Å². The maximum atomic E-state index is 12.5. The number of likely N-dealkylation sites (N-methyl/N-ethyl adjacent to an activating group) is 1. The van der Waals surface area contributed by atoms with Gasteiger partial charge < -0.3 is 19.7 Å². The lowest BCUT2D eigenvalue weighted by Crippen LogP contribution is -3.08. The van der Waals surface area contributed by atoms with Crippen LogP contribution in [-0.2, 0) is 24.2 Å². The van der Waals surface area contributed by atoms with Crippen LogP contribution in [0.1, 0.15) is 34.4 Å². The molecule has 0 fully saturated rings. The number of thiophene rings is 1. The Morgan fingerprint density at radius 1 is 1.30 bits per heavy atom. The predicted molar refractivity (Wildman–Crippen MR) is 102 cm³/mol. The summed E-state index contributed by atoms with van der Waals surface area (Å²) in [6.07, 6.45) is 4.24. The molecule has 1 aromatic carbocycles. The number of aryl methyl sites for hydroxylation is 1. The second kappa shape index (κ2) is 7.59. The van der Waals surface area contributed by atoms with Crippen LogP contribution in [0.25, 0.3) is 0 Å². The molecule has 1 atom stereocenters. The molecule has 140 valence electrons. The summed E-state index contributed by atoms with van der Waals surface area (Å²) in [6.45, 7) is 1.30. The van der Waals surface area contributed by atoms with E-state index in [0.717, 1.165) is 53.2 Å². The number of benzene rings is 1. The van der Waals surface area contributed by atoms with Gasteiger partial charge in [0.25, 0.3) is 5.91 Å². The molecule has 1 aliphatic carbocycles. The number of hydrogen-bond donors (Lipinski definition) is 2. The molecule has 0 bridgehead atoms. The second-order valence-electron chi connectivity index (χ2n) is 7.07. The lowest BCUT2D eigenvalue weighted by molar-refractivity contribution is -0.885. The summed E-state index contributed by atoms with van der Waals surface area (Å²) in [7, 11) is 1.98. The average molecular weight is 384 g/mol. The molecular formula is C20H22N3O3S+. The van der Waals surface area contributed by atoms with Gasteiger partial charge in [-0.3, -0.25) is 4.79 Å². The summed E-state index contributed by atoms with van der Waals surface area (Å²) in [5, 5.41) is 13.2. The molecule has 2 heterocycles. The maximum absolute atomic E-state index is 12.5. The Morgan fingerprint density at radius 3 is 2.96 bits per heavy atom. The van der Waals surface area contributed by atoms with Gasteiger partial charge in [-0.1, -0.05) is 0 Å². The molecule has 27 heavy (non-hydrogen) atoms. The second-order valence-corrected chi connectivity index (χ2v) is 8.18. The number of carbonyl (C=O) groups is 1. The molecule has 1 amide bonds.